The number of hydrogen-bond acceptors (Lipinski definition) is 2. The minimum atomic E-state index is -0.436. The van der Waals surface area contributed by atoms with E-state index in [1.165, 1.54) is 19.3 Å². The molecule has 2 unspecified atom stereocenters. The minimum Gasteiger partial charge on any atom is -0.387 e. The van der Waals surface area contributed by atoms with Crippen LogP contribution < -0.4 is 0 Å². The fourth-order valence-electron chi connectivity index (χ4n) is 2.47. The van der Waals surface area contributed by atoms with Gasteiger partial charge < -0.3 is 5.11 Å². The molecular weight excluding hydrogens is 234 g/mol. The lowest BCUT2D eigenvalue weighted by molar-refractivity contribution is 0.0732. The minimum absolute atomic E-state index is 0.436. The lowest BCUT2D eigenvalue weighted by Crippen LogP contribution is -2.40. The van der Waals surface area contributed by atoms with Crippen molar-refractivity contribution in [3.05, 3.63) is 34.9 Å². The average molecular weight is 254 g/mol. The molecule has 3 heteroatoms. The van der Waals surface area contributed by atoms with Crippen LogP contribution in [0.5, 0.6) is 0 Å². The number of nitrogens with zero attached hydrogens (tertiary/aromatic N) is 1. The van der Waals surface area contributed by atoms with Crippen molar-refractivity contribution in [3.8, 4) is 0 Å². The third-order valence-electron chi connectivity index (χ3n) is 3.58. The van der Waals surface area contributed by atoms with E-state index in [9.17, 15) is 5.11 Å². The molecule has 0 aliphatic carbocycles. The molecule has 0 amide bonds. The number of rotatable bonds is 3. The van der Waals surface area contributed by atoms with E-state index in [4.69, 9.17) is 11.6 Å². The lowest BCUT2D eigenvalue weighted by atomic mass is 10.0. The van der Waals surface area contributed by atoms with Crippen molar-refractivity contribution < 1.29 is 5.11 Å². The van der Waals surface area contributed by atoms with Crippen LogP contribution in [0, 0.1) is 0 Å². The van der Waals surface area contributed by atoms with E-state index < -0.39 is 6.10 Å². The maximum absolute atomic E-state index is 10.2. The van der Waals surface area contributed by atoms with Gasteiger partial charge in [-0.1, -0.05) is 30.2 Å². The molecule has 1 heterocycles. The molecule has 1 saturated heterocycles. The SMILES string of the molecule is CC1CCCCN1CC(O)c1cccc(Cl)c1. The van der Waals surface area contributed by atoms with Crippen LogP contribution in [0.3, 0.4) is 0 Å². The van der Waals surface area contributed by atoms with Gasteiger partial charge in [0.1, 0.15) is 0 Å². The van der Waals surface area contributed by atoms with Crippen molar-refractivity contribution in [2.75, 3.05) is 13.1 Å². The summed E-state index contributed by atoms with van der Waals surface area (Å²) in [5.41, 5.74) is 0.912. The third-order valence-corrected chi connectivity index (χ3v) is 3.82. The van der Waals surface area contributed by atoms with E-state index in [1.807, 2.05) is 24.3 Å². The van der Waals surface area contributed by atoms with Crippen molar-refractivity contribution in [2.45, 2.75) is 38.3 Å². The van der Waals surface area contributed by atoms with Crippen LogP contribution in [-0.4, -0.2) is 29.1 Å². The van der Waals surface area contributed by atoms with Crippen LogP contribution in [0.2, 0.25) is 5.02 Å². The molecule has 1 aromatic rings. The maximum Gasteiger partial charge on any atom is 0.0917 e. The Morgan fingerprint density at radius 3 is 3.00 bits per heavy atom. The highest BCUT2D eigenvalue weighted by Gasteiger charge is 2.21. The molecule has 0 radical (unpaired) electrons. The Kier molecular flexibility index (Phi) is 4.43. The van der Waals surface area contributed by atoms with Gasteiger partial charge in [-0.3, -0.25) is 4.90 Å². The average Bonchev–Trinajstić information content (AvgIpc) is 2.32. The predicted molar refractivity (Wildman–Crippen MR) is 71.3 cm³/mol. The van der Waals surface area contributed by atoms with E-state index in [0.29, 0.717) is 17.6 Å². The maximum atomic E-state index is 10.2. The molecule has 0 spiro atoms. The highest BCUT2D eigenvalue weighted by Crippen LogP contribution is 2.22. The monoisotopic (exact) mass is 253 g/mol. The van der Waals surface area contributed by atoms with Gasteiger partial charge in [0.15, 0.2) is 0 Å². The van der Waals surface area contributed by atoms with Crippen LogP contribution in [0.25, 0.3) is 0 Å². The fraction of sp³-hybridized carbons (Fsp3) is 0.571. The Hall–Kier alpha value is -0.570. The van der Waals surface area contributed by atoms with E-state index in [-0.39, 0.29) is 0 Å². The van der Waals surface area contributed by atoms with E-state index in [0.717, 1.165) is 12.1 Å². The summed E-state index contributed by atoms with van der Waals surface area (Å²) in [6, 6.07) is 8.09. The first-order valence-corrected chi connectivity index (χ1v) is 6.72. The second-order valence-electron chi connectivity index (χ2n) is 4.91. The van der Waals surface area contributed by atoms with Gasteiger partial charge in [0.05, 0.1) is 6.10 Å². The van der Waals surface area contributed by atoms with Gasteiger partial charge in [-0.2, -0.15) is 0 Å². The van der Waals surface area contributed by atoms with Gasteiger partial charge in [0.25, 0.3) is 0 Å². The van der Waals surface area contributed by atoms with Crippen LogP contribution in [0.1, 0.15) is 37.9 Å². The van der Waals surface area contributed by atoms with Crippen molar-refractivity contribution in [1.82, 2.24) is 4.90 Å². The summed E-state index contributed by atoms with van der Waals surface area (Å²) in [5.74, 6) is 0. The van der Waals surface area contributed by atoms with Gasteiger partial charge >= 0.3 is 0 Å². The molecule has 1 aromatic carbocycles. The predicted octanol–water partition coefficient (Wildman–Crippen LogP) is 3.25. The first kappa shape index (κ1) is 12.9. The number of hydrogen-bond donors (Lipinski definition) is 1. The first-order chi connectivity index (χ1) is 8.16. The zero-order chi connectivity index (χ0) is 12.3. The second kappa shape index (κ2) is 5.85. The highest BCUT2D eigenvalue weighted by molar-refractivity contribution is 6.30. The fourth-order valence-corrected chi connectivity index (χ4v) is 2.67. The zero-order valence-corrected chi connectivity index (χ0v) is 11.0. The lowest BCUT2D eigenvalue weighted by Gasteiger charge is -2.34. The quantitative estimate of drug-likeness (QED) is 0.894. The largest absolute Gasteiger partial charge is 0.387 e. The number of likely N-dealkylation sites (tertiary alicyclic amines) is 1. The molecule has 1 N–H and O–H groups in total. The van der Waals surface area contributed by atoms with Gasteiger partial charge in [-0.25, -0.2) is 0 Å². The standard InChI is InChI=1S/C14H20ClNO/c1-11-5-2-3-8-16(11)10-14(17)12-6-4-7-13(15)9-12/h4,6-7,9,11,14,17H,2-3,5,8,10H2,1H3. The number of halogens is 1. The zero-order valence-electron chi connectivity index (χ0n) is 10.3. The van der Waals surface area contributed by atoms with Gasteiger partial charge in [0, 0.05) is 17.6 Å². The molecule has 1 aliphatic rings. The van der Waals surface area contributed by atoms with Crippen molar-refractivity contribution >= 4 is 11.6 Å². The number of piperidine rings is 1. The number of benzene rings is 1. The summed E-state index contributed by atoms with van der Waals surface area (Å²) < 4.78 is 0. The highest BCUT2D eigenvalue weighted by atomic mass is 35.5. The molecule has 94 valence electrons. The molecule has 2 rings (SSSR count). The van der Waals surface area contributed by atoms with Crippen LogP contribution >= 0.6 is 11.6 Å². The van der Waals surface area contributed by atoms with E-state index in [1.54, 1.807) is 0 Å². The first-order valence-electron chi connectivity index (χ1n) is 6.34. The Morgan fingerprint density at radius 2 is 2.29 bits per heavy atom. The van der Waals surface area contributed by atoms with Gasteiger partial charge in [0.2, 0.25) is 0 Å². The summed E-state index contributed by atoms with van der Waals surface area (Å²) in [6.45, 7) is 4.05. The number of aliphatic hydroxyl groups excluding tert-OH is 1. The Balaban J connectivity index is 1.98. The van der Waals surface area contributed by atoms with Gasteiger partial charge in [-0.05, 0) is 44.0 Å². The molecule has 17 heavy (non-hydrogen) atoms. The number of aliphatic hydroxyl groups is 1. The normalized spacial score (nSPS) is 23.6. The van der Waals surface area contributed by atoms with Crippen molar-refractivity contribution in [2.24, 2.45) is 0 Å². The van der Waals surface area contributed by atoms with Crippen LogP contribution in [0.4, 0.5) is 0 Å². The summed E-state index contributed by atoms with van der Waals surface area (Å²) in [5, 5.41) is 10.9. The molecule has 1 fully saturated rings. The molecule has 0 aromatic heterocycles. The Morgan fingerprint density at radius 1 is 1.47 bits per heavy atom. The van der Waals surface area contributed by atoms with Gasteiger partial charge in [-0.15, -0.1) is 0 Å². The summed E-state index contributed by atoms with van der Waals surface area (Å²) in [4.78, 5) is 2.37. The van der Waals surface area contributed by atoms with E-state index in [2.05, 4.69) is 11.8 Å². The summed E-state index contributed by atoms with van der Waals surface area (Å²) in [6.07, 6.45) is 3.36. The smallest absolute Gasteiger partial charge is 0.0917 e. The molecule has 1 aliphatic heterocycles. The van der Waals surface area contributed by atoms with Crippen molar-refractivity contribution in [3.63, 3.8) is 0 Å². The summed E-state index contributed by atoms with van der Waals surface area (Å²) >= 11 is 5.94. The van der Waals surface area contributed by atoms with Crippen LogP contribution in [0.15, 0.2) is 24.3 Å². The number of β-amino-alcohol motifs (C(OH)–C–C–N with tert-alkyl or cyclic N) is 1. The molecule has 0 bridgehead atoms. The topological polar surface area (TPSA) is 23.5 Å². The summed E-state index contributed by atoms with van der Waals surface area (Å²) in [7, 11) is 0. The Labute approximate surface area is 108 Å². The third kappa shape index (κ3) is 3.44. The Bertz CT molecular complexity index is 369. The second-order valence-corrected chi connectivity index (χ2v) is 5.35. The van der Waals surface area contributed by atoms with Crippen molar-refractivity contribution in [1.29, 1.82) is 0 Å². The van der Waals surface area contributed by atoms with Crippen LogP contribution in [-0.2, 0) is 0 Å². The van der Waals surface area contributed by atoms with E-state index >= 15 is 0 Å². The molecule has 2 nitrogen and oxygen atoms in total. The molecular formula is C14H20ClNO. The molecule has 0 saturated carbocycles. The molecule has 2 atom stereocenters.